The van der Waals surface area contributed by atoms with E-state index in [0.717, 1.165) is 24.3 Å². The molecule has 2 aromatic rings. The molecule has 0 unspecified atom stereocenters. The fourth-order valence-corrected chi connectivity index (χ4v) is 2.77. The molecule has 0 spiro atoms. The monoisotopic (exact) mass is 331 g/mol. The Labute approximate surface area is 142 Å². The van der Waals surface area contributed by atoms with Gasteiger partial charge < -0.3 is 15.8 Å². The van der Waals surface area contributed by atoms with Crippen LogP contribution >= 0.6 is 11.3 Å². The lowest BCUT2D eigenvalue weighted by molar-refractivity contribution is 0.129. The maximum Gasteiger partial charge on any atom is 0.188 e. The quantitative estimate of drug-likeness (QED) is 0.628. The van der Waals surface area contributed by atoms with Crippen LogP contribution in [-0.4, -0.2) is 18.1 Å². The second-order valence-electron chi connectivity index (χ2n) is 6.28. The average Bonchev–Trinajstić information content (AvgIpc) is 2.98. The van der Waals surface area contributed by atoms with Gasteiger partial charge in [0.25, 0.3) is 0 Å². The zero-order valence-electron chi connectivity index (χ0n) is 14.0. The first-order chi connectivity index (χ1) is 10.9. The minimum atomic E-state index is -0.232. The number of guanidine groups is 1. The molecule has 0 aliphatic rings. The van der Waals surface area contributed by atoms with E-state index < -0.39 is 0 Å². The minimum absolute atomic E-state index is 0.232. The summed E-state index contributed by atoms with van der Waals surface area (Å²) < 4.78 is 5.97. The third kappa shape index (κ3) is 6.32. The second-order valence-corrected chi connectivity index (χ2v) is 7.31. The standard InChI is InChI=1S/C18H25N3OS/c1-18(2,3)22-16-9-5-4-7-14(16)13-21-17(19)20-11-10-15-8-6-12-23-15/h4-9,12H,10-11,13H2,1-3H3,(H3,19,20,21). The zero-order valence-corrected chi connectivity index (χ0v) is 14.8. The predicted octanol–water partition coefficient (Wildman–Crippen LogP) is 3.57. The van der Waals surface area contributed by atoms with Gasteiger partial charge in [0.1, 0.15) is 11.4 Å². The topological polar surface area (TPSA) is 59.6 Å². The molecule has 23 heavy (non-hydrogen) atoms. The van der Waals surface area contributed by atoms with E-state index >= 15 is 0 Å². The van der Waals surface area contributed by atoms with Gasteiger partial charge in [-0.25, -0.2) is 4.99 Å². The van der Waals surface area contributed by atoms with Gasteiger partial charge in [0.15, 0.2) is 5.96 Å². The molecule has 1 aromatic carbocycles. The molecule has 1 aromatic heterocycles. The van der Waals surface area contributed by atoms with E-state index in [2.05, 4.69) is 27.8 Å². The number of nitrogens with two attached hydrogens (primary N) is 1. The Morgan fingerprint density at radius 2 is 2.00 bits per heavy atom. The van der Waals surface area contributed by atoms with Crippen molar-refractivity contribution < 1.29 is 4.74 Å². The molecule has 0 amide bonds. The van der Waals surface area contributed by atoms with Gasteiger partial charge in [-0.2, -0.15) is 0 Å². The lowest BCUT2D eigenvalue weighted by atomic mass is 10.1. The number of thiophene rings is 1. The molecular weight excluding hydrogens is 306 g/mol. The molecule has 124 valence electrons. The Morgan fingerprint density at radius 3 is 2.70 bits per heavy atom. The first-order valence-corrected chi connectivity index (χ1v) is 8.65. The molecule has 0 aliphatic carbocycles. The van der Waals surface area contributed by atoms with Crippen LogP contribution in [0, 0.1) is 0 Å². The summed E-state index contributed by atoms with van der Waals surface area (Å²) in [6, 6.07) is 12.1. The van der Waals surface area contributed by atoms with Crippen LogP contribution in [0.3, 0.4) is 0 Å². The average molecular weight is 331 g/mol. The molecule has 0 saturated carbocycles. The summed E-state index contributed by atoms with van der Waals surface area (Å²) in [4.78, 5) is 5.75. The normalized spacial score (nSPS) is 12.2. The molecule has 0 bridgehead atoms. The van der Waals surface area contributed by atoms with Crippen LogP contribution in [-0.2, 0) is 13.0 Å². The summed E-state index contributed by atoms with van der Waals surface area (Å²) in [6.07, 6.45) is 0.956. The third-order valence-electron chi connectivity index (χ3n) is 3.07. The second kappa shape index (κ2) is 8.02. The van der Waals surface area contributed by atoms with Gasteiger partial charge in [-0.15, -0.1) is 11.3 Å². The fourth-order valence-electron chi connectivity index (χ4n) is 2.06. The van der Waals surface area contributed by atoms with Crippen molar-refractivity contribution in [3.05, 3.63) is 52.2 Å². The largest absolute Gasteiger partial charge is 0.488 e. The van der Waals surface area contributed by atoms with Gasteiger partial charge in [0.05, 0.1) is 6.54 Å². The van der Waals surface area contributed by atoms with Gasteiger partial charge in [-0.05, 0) is 44.7 Å². The van der Waals surface area contributed by atoms with Gasteiger partial charge in [-0.1, -0.05) is 24.3 Å². The van der Waals surface area contributed by atoms with Crippen molar-refractivity contribution in [3.8, 4) is 5.75 Å². The van der Waals surface area contributed by atoms with Crippen molar-refractivity contribution in [2.75, 3.05) is 6.54 Å². The molecule has 0 radical (unpaired) electrons. The van der Waals surface area contributed by atoms with Crippen molar-refractivity contribution in [2.45, 2.75) is 39.3 Å². The number of aliphatic imine (C=N–C) groups is 1. The fraction of sp³-hybridized carbons (Fsp3) is 0.389. The highest BCUT2D eigenvalue weighted by Gasteiger charge is 2.14. The number of hydrogen-bond donors (Lipinski definition) is 2. The van der Waals surface area contributed by atoms with Crippen molar-refractivity contribution in [3.63, 3.8) is 0 Å². The molecule has 4 nitrogen and oxygen atoms in total. The molecule has 1 heterocycles. The highest BCUT2D eigenvalue weighted by molar-refractivity contribution is 7.09. The Hall–Kier alpha value is -2.01. The van der Waals surface area contributed by atoms with E-state index in [-0.39, 0.29) is 5.60 Å². The Kier molecular flexibility index (Phi) is 6.04. The molecular formula is C18H25N3OS. The molecule has 0 atom stereocenters. The van der Waals surface area contributed by atoms with E-state index in [1.165, 1.54) is 4.88 Å². The van der Waals surface area contributed by atoms with Crippen LogP contribution in [0.1, 0.15) is 31.2 Å². The first-order valence-electron chi connectivity index (χ1n) is 7.77. The maximum absolute atomic E-state index is 5.97. The maximum atomic E-state index is 5.97. The lowest BCUT2D eigenvalue weighted by Gasteiger charge is -2.23. The number of para-hydroxylation sites is 1. The minimum Gasteiger partial charge on any atom is -0.488 e. The predicted molar refractivity (Wildman–Crippen MR) is 98.2 cm³/mol. The van der Waals surface area contributed by atoms with Crippen molar-refractivity contribution >= 4 is 17.3 Å². The lowest BCUT2D eigenvalue weighted by Crippen LogP contribution is -2.33. The van der Waals surface area contributed by atoms with Crippen molar-refractivity contribution in [1.82, 2.24) is 5.32 Å². The van der Waals surface area contributed by atoms with Gasteiger partial charge >= 0.3 is 0 Å². The number of hydrogen-bond acceptors (Lipinski definition) is 3. The Balaban J connectivity index is 1.88. The van der Waals surface area contributed by atoms with Crippen LogP contribution in [0.2, 0.25) is 0 Å². The highest BCUT2D eigenvalue weighted by atomic mass is 32.1. The van der Waals surface area contributed by atoms with Crippen LogP contribution < -0.4 is 15.8 Å². The number of benzene rings is 1. The van der Waals surface area contributed by atoms with E-state index in [1.807, 2.05) is 45.0 Å². The summed E-state index contributed by atoms with van der Waals surface area (Å²) in [5, 5.41) is 5.23. The molecule has 0 aliphatic heterocycles. The first kappa shape index (κ1) is 17.3. The number of nitrogens with one attached hydrogen (secondary N) is 1. The van der Waals surface area contributed by atoms with E-state index in [1.54, 1.807) is 11.3 Å². The Bertz CT molecular complexity index is 630. The van der Waals surface area contributed by atoms with Crippen LogP contribution in [0.4, 0.5) is 0 Å². The molecule has 2 rings (SSSR count). The summed E-state index contributed by atoms with van der Waals surface area (Å²) >= 11 is 1.75. The molecule has 3 N–H and O–H groups in total. The molecule has 5 heteroatoms. The van der Waals surface area contributed by atoms with Gasteiger partial charge in [0.2, 0.25) is 0 Å². The van der Waals surface area contributed by atoms with Crippen LogP contribution in [0.25, 0.3) is 0 Å². The van der Waals surface area contributed by atoms with Crippen LogP contribution in [0.5, 0.6) is 5.75 Å². The number of nitrogens with zero attached hydrogens (tertiary/aromatic N) is 1. The third-order valence-corrected chi connectivity index (χ3v) is 4.00. The molecule has 0 fully saturated rings. The van der Waals surface area contributed by atoms with Gasteiger partial charge in [0, 0.05) is 17.0 Å². The number of rotatable bonds is 6. The number of ether oxygens (including phenoxy) is 1. The van der Waals surface area contributed by atoms with E-state index in [9.17, 15) is 0 Å². The SMILES string of the molecule is CC(C)(C)Oc1ccccc1CN=C(N)NCCc1cccs1. The van der Waals surface area contributed by atoms with E-state index in [0.29, 0.717) is 12.5 Å². The van der Waals surface area contributed by atoms with Crippen molar-refractivity contribution in [2.24, 2.45) is 10.7 Å². The molecule has 0 saturated heterocycles. The zero-order chi connectivity index (χ0) is 16.7. The Morgan fingerprint density at radius 1 is 1.22 bits per heavy atom. The van der Waals surface area contributed by atoms with Crippen LogP contribution in [0.15, 0.2) is 46.8 Å². The highest BCUT2D eigenvalue weighted by Crippen LogP contribution is 2.23. The summed E-state index contributed by atoms with van der Waals surface area (Å²) in [6.45, 7) is 7.40. The van der Waals surface area contributed by atoms with E-state index in [4.69, 9.17) is 10.5 Å². The van der Waals surface area contributed by atoms with Gasteiger partial charge in [-0.3, -0.25) is 0 Å². The summed E-state index contributed by atoms with van der Waals surface area (Å²) in [5.74, 6) is 1.32. The van der Waals surface area contributed by atoms with Crippen molar-refractivity contribution in [1.29, 1.82) is 0 Å². The summed E-state index contributed by atoms with van der Waals surface area (Å²) in [7, 11) is 0. The summed E-state index contributed by atoms with van der Waals surface area (Å²) in [5.41, 5.74) is 6.74. The smallest absolute Gasteiger partial charge is 0.188 e.